The molecule has 0 unspecified atom stereocenters. The monoisotopic (exact) mass is 278 g/mol. The van der Waals surface area contributed by atoms with E-state index in [0.29, 0.717) is 6.42 Å². The van der Waals surface area contributed by atoms with Crippen molar-refractivity contribution in [1.29, 1.82) is 0 Å². The summed E-state index contributed by atoms with van der Waals surface area (Å²) in [5, 5.41) is 8.49. The molecule has 0 aliphatic heterocycles. The summed E-state index contributed by atoms with van der Waals surface area (Å²) < 4.78 is 0. The van der Waals surface area contributed by atoms with E-state index in [1.165, 1.54) is 0 Å². The smallest absolute Gasteiger partial charge is 0.303 e. The van der Waals surface area contributed by atoms with Crippen LogP contribution in [0.3, 0.4) is 0 Å². The van der Waals surface area contributed by atoms with Gasteiger partial charge in [-0.3, -0.25) is 4.79 Å². The molecule has 2 heteroatoms. The summed E-state index contributed by atoms with van der Waals surface area (Å²) in [7, 11) is 0. The van der Waals surface area contributed by atoms with Crippen molar-refractivity contribution in [3.63, 3.8) is 0 Å². The van der Waals surface area contributed by atoms with Gasteiger partial charge in [-0.05, 0) is 51.4 Å². The fourth-order valence-electron chi connectivity index (χ4n) is 1.86. The minimum Gasteiger partial charge on any atom is -0.481 e. The molecule has 0 saturated heterocycles. The molecule has 0 rings (SSSR count). The Kier molecular flexibility index (Phi) is 14.7. The predicted octanol–water partition coefficient (Wildman–Crippen LogP) is 5.66. The average Bonchev–Trinajstić information content (AvgIpc) is 2.43. The molecule has 0 heterocycles. The van der Waals surface area contributed by atoms with Gasteiger partial charge in [-0.15, -0.1) is 0 Å². The maximum Gasteiger partial charge on any atom is 0.303 e. The zero-order valence-electron chi connectivity index (χ0n) is 12.9. The van der Waals surface area contributed by atoms with Crippen LogP contribution in [0.15, 0.2) is 36.5 Å². The van der Waals surface area contributed by atoms with E-state index < -0.39 is 5.97 Å². The molecule has 0 aromatic heterocycles. The molecule has 0 bridgehead atoms. The van der Waals surface area contributed by atoms with Crippen molar-refractivity contribution in [2.45, 2.75) is 71.1 Å². The summed E-state index contributed by atoms with van der Waals surface area (Å²) in [6.07, 6.45) is 23.4. The van der Waals surface area contributed by atoms with E-state index in [4.69, 9.17) is 5.11 Å². The Bertz CT molecular complexity index is 301. The van der Waals surface area contributed by atoms with E-state index in [2.05, 4.69) is 43.4 Å². The summed E-state index contributed by atoms with van der Waals surface area (Å²) in [6, 6.07) is 0. The lowest BCUT2D eigenvalue weighted by Gasteiger charge is -1.95. The van der Waals surface area contributed by atoms with Crippen molar-refractivity contribution in [2.75, 3.05) is 0 Å². The van der Waals surface area contributed by atoms with Crippen molar-refractivity contribution >= 4 is 5.97 Å². The summed E-state index contributed by atoms with van der Waals surface area (Å²) in [6.45, 7) is 2.16. The van der Waals surface area contributed by atoms with Gasteiger partial charge in [0.1, 0.15) is 0 Å². The van der Waals surface area contributed by atoms with Gasteiger partial charge >= 0.3 is 5.97 Å². The minimum absolute atomic E-state index is 0.307. The van der Waals surface area contributed by atoms with Gasteiger partial charge in [-0.2, -0.15) is 0 Å². The van der Waals surface area contributed by atoms with Crippen LogP contribution in [0, 0.1) is 0 Å². The Balaban J connectivity index is 3.25. The normalized spacial score (nSPS) is 12.1. The number of hydrogen-bond donors (Lipinski definition) is 1. The fourth-order valence-corrected chi connectivity index (χ4v) is 1.86. The molecule has 0 spiro atoms. The highest BCUT2D eigenvalue weighted by atomic mass is 16.4. The maximum atomic E-state index is 10.3. The first-order valence-corrected chi connectivity index (χ1v) is 7.94. The molecule has 0 aromatic rings. The third kappa shape index (κ3) is 16.7. The molecule has 0 aliphatic rings. The second-order valence-corrected chi connectivity index (χ2v) is 4.97. The molecular formula is C18H30O2. The van der Waals surface area contributed by atoms with Crippen LogP contribution in [-0.2, 0) is 4.79 Å². The van der Waals surface area contributed by atoms with Gasteiger partial charge < -0.3 is 5.11 Å². The van der Waals surface area contributed by atoms with Gasteiger partial charge in [0, 0.05) is 6.42 Å². The average molecular weight is 278 g/mol. The van der Waals surface area contributed by atoms with Gasteiger partial charge in [0.25, 0.3) is 0 Å². The van der Waals surface area contributed by atoms with Crippen LogP contribution in [-0.4, -0.2) is 11.1 Å². The Morgan fingerprint density at radius 1 is 0.750 bits per heavy atom. The molecule has 0 aromatic carbocycles. The van der Waals surface area contributed by atoms with Crippen molar-refractivity contribution in [3.05, 3.63) is 36.5 Å². The summed E-state index contributed by atoms with van der Waals surface area (Å²) in [4.78, 5) is 10.3. The number of allylic oxidation sites excluding steroid dienone is 6. The quantitative estimate of drug-likeness (QED) is 0.348. The largest absolute Gasteiger partial charge is 0.481 e. The summed E-state index contributed by atoms with van der Waals surface area (Å²) in [5.74, 6) is -0.683. The van der Waals surface area contributed by atoms with Crippen LogP contribution in [0.2, 0.25) is 0 Å². The standard InChI is InChI=1S/C18H30O2/c1-2-3-4-5-6-7-8-9-10-11-12-13-14-15-16-17-18(19)20/h3-4,7-8,11-12H,2,5-6,9-10,13-17H2,1H3,(H,19,20)/b4-3+,8-7+,12-11+. The van der Waals surface area contributed by atoms with Crippen LogP contribution >= 0.6 is 0 Å². The van der Waals surface area contributed by atoms with Gasteiger partial charge in [-0.1, -0.05) is 49.8 Å². The molecule has 20 heavy (non-hydrogen) atoms. The third-order valence-electron chi connectivity index (χ3n) is 3.00. The highest BCUT2D eigenvalue weighted by molar-refractivity contribution is 5.66. The molecule has 114 valence electrons. The Morgan fingerprint density at radius 3 is 1.75 bits per heavy atom. The summed E-state index contributed by atoms with van der Waals surface area (Å²) in [5.41, 5.74) is 0. The van der Waals surface area contributed by atoms with Crippen LogP contribution in [0.25, 0.3) is 0 Å². The van der Waals surface area contributed by atoms with Crippen molar-refractivity contribution in [3.8, 4) is 0 Å². The Labute approximate surface area is 124 Å². The number of hydrogen-bond acceptors (Lipinski definition) is 1. The molecule has 0 amide bonds. The number of rotatable bonds is 13. The minimum atomic E-state index is -0.683. The highest BCUT2D eigenvalue weighted by Gasteiger charge is 1.94. The SMILES string of the molecule is CC/C=C/CC/C=C/CC/C=C/CCCCCC(=O)O. The van der Waals surface area contributed by atoms with E-state index in [1.54, 1.807) is 0 Å². The number of carboxylic acid groups (broad SMARTS) is 1. The van der Waals surface area contributed by atoms with Crippen molar-refractivity contribution in [2.24, 2.45) is 0 Å². The molecule has 0 saturated carbocycles. The second kappa shape index (κ2) is 15.7. The Hall–Kier alpha value is -1.31. The van der Waals surface area contributed by atoms with E-state index in [9.17, 15) is 4.79 Å². The summed E-state index contributed by atoms with van der Waals surface area (Å²) >= 11 is 0. The first kappa shape index (κ1) is 18.7. The van der Waals surface area contributed by atoms with E-state index >= 15 is 0 Å². The molecule has 0 atom stereocenters. The van der Waals surface area contributed by atoms with Crippen LogP contribution < -0.4 is 0 Å². The molecular weight excluding hydrogens is 248 g/mol. The fraction of sp³-hybridized carbons (Fsp3) is 0.611. The lowest BCUT2D eigenvalue weighted by molar-refractivity contribution is -0.137. The topological polar surface area (TPSA) is 37.3 Å². The maximum absolute atomic E-state index is 10.3. The van der Waals surface area contributed by atoms with E-state index in [0.717, 1.165) is 57.8 Å². The first-order valence-electron chi connectivity index (χ1n) is 7.94. The Morgan fingerprint density at radius 2 is 1.25 bits per heavy atom. The molecule has 0 aliphatic carbocycles. The molecule has 1 N–H and O–H groups in total. The third-order valence-corrected chi connectivity index (χ3v) is 3.00. The number of carbonyl (C=O) groups is 1. The number of carboxylic acids is 1. The van der Waals surface area contributed by atoms with Crippen LogP contribution in [0.4, 0.5) is 0 Å². The van der Waals surface area contributed by atoms with Crippen molar-refractivity contribution < 1.29 is 9.90 Å². The lowest BCUT2D eigenvalue weighted by atomic mass is 10.1. The lowest BCUT2D eigenvalue weighted by Crippen LogP contribution is -1.93. The highest BCUT2D eigenvalue weighted by Crippen LogP contribution is 2.05. The van der Waals surface area contributed by atoms with Gasteiger partial charge in [-0.25, -0.2) is 0 Å². The van der Waals surface area contributed by atoms with E-state index in [1.807, 2.05) is 0 Å². The molecule has 0 fully saturated rings. The second-order valence-electron chi connectivity index (χ2n) is 4.97. The molecule has 0 radical (unpaired) electrons. The van der Waals surface area contributed by atoms with Gasteiger partial charge in [0.2, 0.25) is 0 Å². The zero-order valence-corrected chi connectivity index (χ0v) is 12.9. The van der Waals surface area contributed by atoms with Gasteiger partial charge in [0.05, 0.1) is 0 Å². The van der Waals surface area contributed by atoms with E-state index in [-0.39, 0.29) is 0 Å². The number of unbranched alkanes of at least 4 members (excludes halogenated alkanes) is 5. The van der Waals surface area contributed by atoms with Crippen LogP contribution in [0.1, 0.15) is 71.1 Å². The molecule has 2 nitrogen and oxygen atoms in total. The number of aliphatic carboxylic acids is 1. The first-order chi connectivity index (χ1) is 9.77. The van der Waals surface area contributed by atoms with Crippen molar-refractivity contribution in [1.82, 2.24) is 0 Å². The van der Waals surface area contributed by atoms with Gasteiger partial charge in [0.15, 0.2) is 0 Å². The zero-order chi connectivity index (χ0) is 14.9. The van der Waals surface area contributed by atoms with Crippen LogP contribution in [0.5, 0.6) is 0 Å². The predicted molar refractivity (Wildman–Crippen MR) is 86.9 cm³/mol.